The summed E-state index contributed by atoms with van der Waals surface area (Å²) in [6, 6.07) is 15.6. The monoisotopic (exact) mass is 355 g/mol. The van der Waals surface area contributed by atoms with Crippen molar-refractivity contribution in [2.24, 2.45) is 0 Å². The standard InChI is InChI=1S/C21H25NO4/c1-21(2,3)26-20(23)22-16-12-17-18(10-7-11-19(17)25-14-16)24-13-15-8-5-4-6-9-15/h4-11,16H,12-14H2,1-3H3,(H,22,23). The van der Waals surface area contributed by atoms with Gasteiger partial charge in [0.05, 0.1) is 6.04 Å². The summed E-state index contributed by atoms with van der Waals surface area (Å²) < 4.78 is 17.1. The second-order valence-corrected chi connectivity index (χ2v) is 7.37. The summed E-state index contributed by atoms with van der Waals surface area (Å²) in [5.41, 5.74) is 1.54. The van der Waals surface area contributed by atoms with Gasteiger partial charge in [0, 0.05) is 12.0 Å². The van der Waals surface area contributed by atoms with Crippen LogP contribution < -0.4 is 14.8 Å². The minimum atomic E-state index is -0.526. The van der Waals surface area contributed by atoms with Gasteiger partial charge in [0.2, 0.25) is 0 Å². The number of hydrogen-bond acceptors (Lipinski definition) is 4. The van der Waals surface area contributed by atoms with Gasteiger partial charge in [0.25, 0.3) is 0 Å². The molecular formula is C21H25NO4. The van der Waals surface area contributed by atoms with Gasteiger partial charge in [-0.1, -0.05) is 36.4 Å². The van der Waals surface area contributed by atoms with E-state index in [2.05, 4.69) is 5.32 Å². The van der Waals surface area contributed by atoms with Crippen molar-refractivity contribution >= 4 is 6.09 Å². The van der Waals surface area contributed by atoms with E-state index in [1.165, 1.54) is 0 Å². The topological polar surface area (TPSA) is 56.8 Å². The second-order valence-electron chi connectivity index (χ2n) is 7.37. The van der Waals surface area contributed by atoms with E-state index >= 15 is 0 Å². The summed E-state index contributed by atoms with van der Waals surface area (Å²) in [6.45, 7) is 6.42. The van der Waals surface area contributed by atoms with Crippen LogP contribution in [0.5, 0.6) is 11.5 Å². The molecule has 0 saturated heterocycles. The molecule has 138 valence electrons. The highest BCUT2D eigenvalue weighted by atomic mass is 16.6. The number of alkyl carbamates (subject to hydrolysis) is 1. The summed E-state index contributed by atoms with van der Waals surface area (Å²) in [5.74, 6) is 1.58. The highest BCUT2D eigenvalue weighted by Crippen LogP contribution is 2.33. The minimum absolute atomic E-state index is 0.154. The molecule has 0 saturated carbocycles. The normalized spacial score (nSPS) is 16.2. The molecule has 1 N–H and O–H groups in total. The molecule has 1 heterocycles. The van der Waals surface area contributed by atoms with Crippen molar-refractivity contribution in [3.63, 3.8) is 0 Å². The maximum absolute atomic E-state index is 12.0. The Labute approximate surface area is 154 Å². The Bertz CT molecular complexity index is 752. The van der Waals surface area contributed by atoms with E-state index in [0.717, 1.165) is 22.6 Å². The van der Waals surface area contributed by atoms with Crippen molar-refractivity contribution < 1.29 is 19.0 Å². The first-order chi connectivity index (χ1) is 12.4. The molecule has 1 aliphatic heterocycles. The molecule has 26 heavy (non-hydrogen) atoms. The van der Waals surface area contributed by atoms with Crippen molar-refractivity contribution in [2.45, 2.75) is 45.4 Å². The van der Waals surface area contributed by atoms with Gasteiger partial charge >= 0.3 is 6.09 Å². The number of carbonyl (C=O) groups is 1. The molecule has 0 aromatic heterocycles. The Morgan fingerprint density at radius 3 is 2.65 bits per heavy atom. The zero-order valence-corrected chi connectivity index (χ0v) is 15.5. The fourth-order valence-corrected chi connectivity index (χ4v) is 2.82. The van der Waals surface area contributed by atoms with Gasteiger partial charge < -0.3 is 19.5 Å². The Hall–Kier alpha value is -2.69. The number of hydrogen-bond donors (Lipinski definition) is 1. The van der Waals surface area contributed by atoms with Crippen molar-refractivity contribution in [3.05, 3.63) is 59.7 Å². The third-order valence-electron chi connectivity index (χ3n) is 3.94. The zero-order chi connectivity index (χ0) is 18.6. The van der Waals surface area contributed by atoms with E-state index in [1.807, 2.05) is 69.3 Å². The summed E-state index contributed by atoms with van der Waals surface area (Å²) in [7, 11) is 0. The maximum Gasteiger partial charge on any atom is 0.408 e. The van der Waals surface area contributed by atoms with Crippen LogP contribution >= 0.6 is 0 Å². The minimum Gasteiger partial charge on any atom is -0.491 e. The smallest absolute Gasteiger partial charge is 0.408 e. The van der Waals surface area contributed by atoms with Gasteiger partial charge in [0.15, 0.2) is 0 Å². The molecule has 1 aliphatic rings. The number of rotatable bonds is 4. The highest BCUT2D eigenvalue weighted by Gasteiger charge is 2.26. The third-order valence-corrected chi connectivity index (χ3v) is 3.94. The van der Waals surface area contributed by atoms with Gasteiger partial charge in [-0.15, -0.1) is 0 Å². The Balaban J connectivity index is 1.66. The predicted molar refractivity (Wildman–Crippen MR) is 99.6 cm³/mol. The fraction of sp³-hybridized carbons (Fsp3) is 0.381. The van der Waals surface area contributed by atoms with Crippen molar-refractivity contribution in [1.82, 2.24) is 5.32 Å². The first-order valence-electron chi connectivity index (χ1n) is 8.81. The molecule has 1 amide bonds. The lowest BCUT2D eigenvalue weighted by Crippen LogP contribution is -2.45. The molecule has 2 aromatic rings. The molecule has 5 heteroatoms. The average Bonchev–Trinajstić information content (AvgIpc) is 2.59. The lowest BCUT2D eigenvalue weighted by molar-refractivity contribution is 0.0481. The van der Waals surface area contributed by atoms with Crippen LogP contribution in [-0.4, -0.2) is 24.3 Å². The summed E-state index contributed by atoms with van der Waals surface area (Å²) in [5, 5.41) is 2.88. The molecule has 3 rings (SSSR count). The maximum atomic E-state index is 12.0. The Morgan fingerprint density at radius 1 is 1.15 bits per heavy atom. The predicted octanol–water partition coefficient (Wildman–Crippen LogP) is 4.09. The molecule has 0 aliphatic carbocycles. The van der Waals surface area contributed by atoms with Crippen LogP contribution in [0.3, 0.4) is 0 Å². The number of nitrogens with one attached hydrogen (secondary N) is 1. The van der Waals surface area contributed by atoms with Gasteiger partial charge in [-0.05, 0) is 38.5 Å². The first kappa shape index (κ1) is 18.1. The van der Waals surface area contributed by atoms with E-state index in [1.54, 1.807) is 0 Å². The summed E-state index contributed by atoms with van der Waals surface area (Å²) in [6.07, 6.45) is 0.205. The molecule has 1 unspecified atom stereocenters. The molecule has 1 atom stereocenters. The Morgan fingerprint density at radius 2 is 1.92 bits per heavy atom. The summed E-state index contributed by atoms with van der Waals surface area (Å²) >= 11 is 0. The van der Waals surface area contributed by atoms with E-state index in [-0.39, 0.29) is 6.04 Å². The number of benzene rings is 2. The van der Waals surface area contributed by atoms with E-state index in [9.17, 15) is 4.79 Å². The molecule has 0 bridgehead atoms. The fourth-order valence-electron chi connectivity index (χ4n) is 2.82. The molecule has 0 fully saturated rings. The van der Waals surface area contributed by atoms with Crippen LogP contribution in [0.2, 0.25) is 0 Å². The van der Waals surface area contributed by atoms with Gasteiger partial charge in [-0.25, -0.2) is 4.79 Å². The van der Waals surface area contributed by atoms with Gasteiger partial charge in [-0.2, -0.15) is 0 Å². The molecular weight excluding hydrogens is 330 g/mol. The number of carbonyl (C=O) groups excluding carboxylic acids is 1. The lowest BCUT2D eigenvalue weighted by atomic mass is 10.0. The lowest BCUT2D eigenvalue weighted by Gasteiger charge is -2.28. The number of fused-ring (bicyclic) bond motifs is 1. The van der Waals surface area contributed by atoms with Crippen LogP contribution in [0.25, 0.3) is 0 Å². The molecule has 0 radical (unpaired) electrons. The average molecular weight is 355 g/mol. The molecule has 5 nitrogen and oxygen atoms in total. The van der Waals surface area contributed by atoms with Crippen molar-refractivity contribution in [3.8, 4) is 11.5 Å². The zero-order valence-electron chi connectivity index (χ0n) is 15.5. The summed E-state index contributed by atoms with van der Waals surface area (Å²) in [4.78, 5) is 12.0. The van der Waals surface area contributed by atoms with Crippen molar-refractivity contribution in [2.75, 3.05) is 6.61 Å². The van der Waals surface area contributed by atoms with Crippen LogP contribution in [0, 0.1) is 0 Å². The third kappa shape index (κ3) is 4.91. The van der Waals surface area contributed by atoms with E-state index in [0.29, 0.717) is 19.6 Å². The molecule has 2 aromatic carbocycles. The molecule has 0 spiro atoms. The quantitative estimate of drug-likeness (QED) is 0.897. The van der Waals surface area contributed by atoms with Crippen LogP contribution in [0.4, 0.5) is 4.79 Å². The van der Waals surface area contributed by atoms with Crippen LogP contribution in [-0.2, 0) is 17.8 Å². The highest BCUT2D eigenvalue weighted by molar-refractivity contribution is 5.68. The largest absolute Gasteiger partial charge is 0.491 e. The van der Waals surface area contributed by atoms with E-state index in [4.69, 9.17) is 14.2 Å². The Kier molecular flexibility index (Phi) is 5.35. The van der Waals surface area contributed by atoms with Crippen LogP contribution in [0.15, 0.2) is 48.5 Å². The van der Waals surface area contributed by atoms with Crippen molar-refractivity contribution in [1.29, 1.82) is 0 Å². The van der Waals surface area contributed by atoms with E-state index < -0.39 is 11.7 Å². The number of ether oxygens (including phenoxy) is 3. The second kappa shape index (κ2) is 7.68. The first-order valence-corrected chi connectivity index (χ1v) is 8.81. The SMILES string of the molecule is CC(C)(C)OC(=O)NC1COc2cccc(OCc3ccccc3)c2C1. The van der Waals surface area contributed by atoms with Crippen LogP contribution in [0.1, 0.15) is 31.9 Å². The van der Waals surface area contributed by atoms with Gasteiger partial charge in [-0.3, -0.25) is 0 Å². The number of amides is 1. The van der Waals surface area contributed by atoms with Gasteiger partial charge in [0.1, 0.15) is 30.3 Å².